The van der Waals surface area contributed by atoms with Crippen LogP contribution in [-0.2, 0) is 0 Å². The molecule has 1 aromatic rings. The predicted octanol–water partition coefficient (Wildman–Crippen LogP) is 5.14. The maximum Gasteiger partial charge on any atom is 0.149 e. The lowest BCUT2D eigenvalue weighted by Gasteiger charge is -1.99. The molecular formula is C6H4Cl3PS. The Morgan fingerprint density at radius 3 is 2.09 bits per heavy atom. The third-order valence-corrected chi connectivity index (χ3v) is 4.15. The molecule has 0 saturated carbocycles. The Balaban J connectivity index is 2.66. The summed E-state index contributed by atoms with van der Waals surface area (Å²) >= 11 is 18.3. The third kappa shape index (κ3) is 3.87. The van der Waals surface area contributed by atoms with Crippen molar-refractivity contribution in [1.82, 2.24) is 0 Å². The van der Waals surface area contributed by atoms with Crippen molar-refractivity contribution in [3.63, 3.8) is 0 Å². The zero-order chi connectivity index (χ0) is 8.27. The normalized spacial score (nSPS) is 10.5. The Morgan fingerprint density at radius 1 is 1.09 bits per heavy atom. The second-order valence-corrected chi connectivity index (χ2v) is 8.63. The van der Waals surface area contributed by atoms with E-state index in [4.69, 9.17) is 34.1 Å². The lowest BCUT2D eigenvalue weighted by Crippen LogP contribution is -1.65. The van der Waals surface area contributed by atoms with E-state index in [0.717, 1.165) is 9.92 Å². The zero-order valence-corrected chi connectivity index (χ0v) is 9.28. The number of hydrogen-bond donors (Lipinski definition) is 0. The summed E-state index contributed by atoms with van der Waals surface area (Å²) in [6.45, 7) is 0. The fourth-order valence-corrected chi connectivity index (χ4v) is 3.40. The van der Waals surface area contributed by atoms with Crippen molar-refractivity contribution in [3.8, 4) is 0 Å². The topological polar surface area (TPSA) is 0 Å². The zero-order valence-electron chi connectivity index (χ0n) is 5.30. The van der Waals surface area contributed by atoms with Crippen LogP contribution in [0.25, 0.3) is 0 Å². The van der Waals surface area contributed by atoms with Gasteiger partial charge in [-0.1, -0.05) is 45.5 Å². The van der Waals surface area contributed by atoms with Crippen LogP contribution in [0.1, 0.15) is 0 Å². The van der Waals surface area contributed by atoms with Gasteiger partial charge < -0.3 is 0 Å². The molecule has 60 valence electrons. The van der Waals surface area contributed by atoms with Crippen molar-refractivity contribution in [2.24, 2.45) is 0 Å². The molecular weight excluding hydrogens is 241 g/mol. The monoisotopic (exact) mass is 244 g/mol. The summed E-state index contributed by atoms with van der Waals surface area (Å²) in [4.78, 5) is 1.05. The molecule has 11 heavy (non-hydrogen) atoms. The van der Waals surface area contributed by atoms with E-state index in [-0.39, 0.29) is 0 Å². The van der Waals surface area contributed by atoms with Gasteiger partial charge in [-0.3, -0.25) is 0 Å². The molecule has 0 bridgehead atoms. The largest absolute Gasteiger partial charge is 0.149 e. The first-order valence-corrected chi connectivity index (χ1v) is 7.69. The Hall–Kier alpha value is 0.870. The molecule has 0 N–H and O–H groups in total. The number of rotatable bonds is 2. The van der Waals surface area contributed by atoms with E-state index in [1.807, 2.05) is 24.3 Å². The van der Waals surface area contributed by atoms with E-state index in [2.05, 4.69) is 0 Å². The van der Waals surface area contributed by atoms with Crippen molar-refractivity contribution >= 4 is 51.3 Å². The Morgan fingerprint density at radius 2 is 1.64 bits per heavy atom. The van der Waals surface area contributed by atoms with E-state index < -0.39 is 5.83 Å². The summed E-state index contributed by atoms with van der Waals surface area (Å²) in [5.41, 5.74) is 0. The van der Waals surface area contributed by atoms with E-state index in [1.54, 1.807) is 0 Å². The molecule has 0 nitrogen and oxygen atoms in total. The highest BCUT2D eigenvalue weighted by Crippen LogP contribution is 2.62. The molecule has 1 rings (SSSR count). The first kappa shape index (κ1) is 9.95. The van der Waals surface area contributed by atoms with E-state index in [1.165, 1.54) is 11.4 Å². The average molecular weight is 245 g/mol. The van der Waals surface area contributed by atoms with Crippen LogP contribution in [0.2, 0.25) is 5.02 Å². The van der Waals surface area contributed by atoms with Crippen molar-refractivity contribution in [2.45, 2.75) is 4.90 Å². The van der Waals surface area contributed by atoms with Gasteiger partial charge in [-0.25, -0.2) is 0 Å². The lowest BCUT2D eigenvalue weighted by atomic mass is 10.4. The van der Waals surface area contributed by atoms with Crippen LogP contribution in [0.15, 0.2) is 29.2 Å². The van der Waals surface area contributed by atoms with Gasteiger partial charge in [0.1, 0.15) is 5.83 Å². The molecule has 0 aromatic heterocycles. The van der Waals surface area contributed by atoms with Crippen LogP contribution in [0.4, 0.5) is 0 Å². The van der Waals surface area contributed by atoms with Crippen molar-refractivity contribution in [1.29, 1.82) is 0 Å². The molecule has 1 aromatic carbocycles. The second kappa shape index (κ2) is 4.79. The predicted molar refractivity (Wildman–Crippen MR) is 55.9 cm³/mol. The maximum absolute atomic E-state index is 5.68. The molecule has 0 aliphatic heterocycles. The van der Waals surface area contributed by atoms with Gasteiger partial charge in [0.05, 0.1) is 0 Å². The van der Waals surface area contributed by atoms with Gasteiger partial charge in [-0.15, -0.1) is 0 Å². The highest BCUT2D eigenvalue weighted by Gasteiger charge is 2.01. The Bertz CT molecular complexity index is 224. The highest BCUT2D eigenvalue weighted by molar-refractivity contribution is 8.70. The molecule has 0 fully saturated rings. The Kier molecular flexibility index (Phi) is 4.33. The molecule has 0 spiro atoms. The molecule has 0 atom stereocenters. The van der Waals surface area contributed by atoms with Gasteiger partial charge in [0.2, 0.25) is 0 Å². The van der Waals surface area contributed by atoms with Gasteiger partial charge in [-0.2, -0.15) is 0 Å². The van der Waals surface area contributed by atoms with Gasteiger partial charge in [-0.05, 0) is 24.3 Å². The van der Waals surface area contributed by atoms with Gasteiger partial charge in [0.25, 0.3) is 0 Å². The van der Waals surface area contributed by atoms with Gasteiger partial charge >= 0.3 is 0 Å². The van der Waals surface area contributed by atoms with Crippen LogP contribution in [-0.4, -0.2) is 0 Å². The minimum atomic E-state index is -0.968. The minimum absolute atomic E-state index is 0.725. The molecule has 0 radical (unpaired) electrons. The quantitative estimate of drug-likeness (QED) is 0.650. The standard InChI is InChI=1S/C6H4Cl3PS/c7-5-1-3-6(4-2-5)11-10(8)9/h1-4H. The number of halogens is 3. The average Bonchev–Trinajstić information content (AvgIpc) is 1.93. The fraction of sp³-hybridized carbons (Fsp3) is 0. The van der Waals surface area contributed by atoms with Crippen LogP contribution < -0.4 is 0 Å². The molecule has 0 aliphatic rings. The summed E-state index contributed by atoms with van der Waals surface area (Å²) in [6.07, 6.45) is 0. The minimum Gasteiger partial charge on any atom is -0.0843 e. The number of hydrogen-bond acceptors (Lipinski definition) is 1. The summed E-state index contributed by atoms with van der Waals surface area (Å²) in [7, 11) is 0. The van der Waals surface area contributed by atoms with Crippen LogP contribution in [0, 0.1) is 0 Å². The fourth-order valence-electron chi connectivity index (χ4n) is 0.575. The third-order valence-electron chi connectivity index (χ3n) is 0.988. The van der Waals surface area contributed by atoms with Gasteiger partial charge in [0.15, 0.2) is 0 Å². The highest BCUT2D eigenvalue weighted by atomic mass is 35.9. The SMILES string of the molecule is Clc1ccc(SP(Cl)Cl)cc1. The molecule has 0 unspecified atom stereocenters. The van der Waals surface area contributed by atoms with Crippen LogP contribution in [0.5, 0.6) is 0 Å². The second-order valence-electron chi connectivity index (χ2n) is 1.75. The maximum atomic E-state index is 5.68. The molecule has 0 heterocycles. The summed E-state index contributed by atoms with van der Waals surface area (Å²) in [5.74, 6) is -0.968. The van der Waals surface area contributed by atoms with E-state index in [0.29, 0.717) is 0 Å². The van der Waals surface area contributed by atoms with Crippen molar-refractivity contribution in [3.05, 3.63) is 29.3 Å². The summed E-state index contributed by atoms with van der Waals surface area (Å²) < 4.78 is 0. The van der Waals surface area contributed by atoms with Crippen molar-refractivity contribution in [2.75, 3.05) is 0 Å². The van der Waals surface area contributed by atoms with Gasteiger partial charge in [0, 0.05) is 9.92 Å². The molecule has 0 aliphatic carbocycles. The summed E-state index contributed by atoms with van der Waals surface area (Å²) in [6, 6.07) is 7.42. The smallest absolute Gasteiger partial charge is 0.0843 e. The van der Waals surface area contributed by atoms with Crippen LogP contribution in [0.3, 0.4) is 0 Å². The van der Waals surface area contributed by atoms with Crippen molar-refractivity contribution < 1.29 is 0 Å². The van der Waals surface area contributed by atoms with E-state index >= 15 is 0 Å². The van der Waals surface area contributed by atoms with E-state index in [9.17, 15) is 0 Å². The lowest BCUT2D eigenvalue weighted by molar-refractivity contribution is 1.48. The van der Waals surface area contributed by atoms with Crippen LogP contribution >= 0.6 is 51.3 Å². The first-order valence-electron chi connectivity index (χ1n) is 2.74. The number of benzene rings is 1. The molecule has 0 saturated heterocycles. The summed E-state index contributed by atoms with van der Waals surface area (Å²) in [5, 5.41) is 0.725. The first-order chi connectivity index (χ1) is 5.18. The molecule has 0 amide bonds. The Labute approximate surface area is 85.3 Å². The molecule has 5 heteroatoms.